The number of carbonyl (C=O) groups excluding carboxylic acids is 2. The number of cyclic esters (lactones) is 1. The van der Waals surface area contributed by atoms with Gasteiger partial charge in [-0.15, -0.1) is 0 Å². The number of nitrogens with zero attached hydrogens (tertiary/aromatic N) is 1. The number of ether oxygens (including phenoxy) is 7. The molecule has 0 aromatic heterocycles. The molecule has 3 aliphatic heterocycles. The number of ketones is 1. The summed E-state index contributed by atoms with van der Waals surface area (Å²) in [6.45, 7) is 17.1. The van der Waals surface area contributed by atoms with E-state index in [0.717, 1.165) is 0 Å². The fourth-order valence-electron chi connectivity index (χ4n) is 8.58. The van der Waals surface area contributed by atoms with Crippen LogP contribution < -0.4 is 0 Å². The molecule has 0 aromatic rings. The molecule has 20 nitrogen and oxygen atoms in total. The fourth-order valence-corrected chi connectivity index (χ4v) is 8.58. The van der Waals surface area contributed by atoms with E-state index in [1.165, 1.54) is 21.1 Å². The Labute approximate surface area is 356 Å². The monoisotopic (exact) mass is 897 g/mol. The van der Waals surface area contributed by atoms with Crippen molar-refractivity contribution in [2.24, 2.45) is 23.7 Å². The number of aliphatic hydroxyl groups is 4. The summed E-state index contributed by atoms with van der Waals surface area (Å²) in [6.07, 6.45) is -8.01. The summed E-state index contributed by atoms with van der Waals surface area (Å²) in [5, 5.41) is 45.6. The average molecular weight is 898 g/mol. The van der Waals surface area contributed by atoms with Crippen LogP contribution in [0.15, 0.2) is 0 Å². The van der Waals surface area contributed by atoms with Gasteiger partial charge in [0.05, 0.1) is 53.9 Å². The Hall–Kier alpha value is -1.51. The number of Topliss-reactive ketones (excluding diaryl/α,β-unsaturated/α-hetero) is 1. The van der Waals surface area contributed by atoms with E-state index in [9.17, 15) is 38.4 Å². The lowest BCUT2D eigenvalue weighted by Gasteiger charge is -2.50. The molecule has 0 bridgehead atoms. The van der Waals surface area contributed by atoms with Crippen molar-refractivity contribution in [3.8, 4) is 0 Å². The van der Waals surface area contributed by atoms with Crippen molar-refractivity contribution in [1.82, 2.24) is 4.90 Å². The highest BCUT2D eigenvalue weighted by molar-refractivity contribution is 7.85. The quantitative estimate of drug-likeness (QED) is 0.151. The van der Waals surface area contributed by atoms with Crippen LogP contribution in [0.1, 0.15) is 94.9 Å². The van der Waals surface area contributed by atoms with Gasteiger partial charge in [-0.2, -0.15) is 8.42 Å². The summed E-state index contributed by atoms with van der Waals surface area (Å²) < 4.78 is 69.7. The normalized spacial score (nSPS) is 43.5. The zero-order chi connectivity index (χ0) is 44.2. The molecule has 3 fully saturated rings. The number of likely N-dealkylation sites (N-methyl/N-ethyl adjacent to an activating group) is 1. The van der Waals surface area contributed by atoms with E-state index >= 15 is 0 Å². The van der Waals surface area contributed by atoms with Gasteiger partial charge in [-0.3, -0.25) is 14.1 Å². The van der Waals surface area contributed by atoms with Crippen molar-refractivity contribution < 1.29 is 92.6 Å². The molecule has 3 saturated heterocycles. The van der Waals surface area contributed by atoms with Crippen molar-refractivity contribution in [3.63, 3.8) is 0 Å². The van der Waals surface area contributed by atoms with Crippen LogP contribution in [0, 0.1) is 23.7 Å². The van der Waals surface area contributed by atoms with Crippen molar-refractivity contribution in [1.29, 1.82) is 0 Å². The number of hydrogen-bond acceptors (Lipinski definition) is 16. The van der Waals surface area contributed by atoms with Gasteiger partial charge in [-0.05, 0) is 74.9 Å². The molecule has 60 heavy (non-hydrogen) atoms. The zero-order valence-electron chi connectivity index (χ0n) is 38.1. The standard InChI is InChI=1S/C38H69NO13.CH4O3S.3H2O/c1-15-26-38(10,45)31(42)21(4)28(40)19(2)17-37(9,47-14)33(52-35-29(41)25(39(11)12)16-20(3)48-35)22(5)30(23(6)34(44)50-26)51-27-18-36(8,46-13)32(43)24(7)49-27;1-5(2,3)4;;;/h19-27,29-33,35,41-43,45H,15-18H2,1-14H3;1H3,(H,2,3,4);3*1H2/t19-,20-,21+,22+,23-,24+,25+,26-,27+,29-,30+,31-,32+,33-,35+,36-,37-,38-;;;;/m1..../s1. The smallest absolute Gasteiger partial charge is 0.311 e. The molecule has 21 heteroatoms. The Bertz CT molecular complexity index is 1410. The van der Waals surface area contributed by atoms with Crippen molar-refractivity contribution >= 4 is 21.9 Å². The van der Waals surface area contributed by atoms with Gasteiger partial charge < -0.3 is 74.9 Å². The second kappa shape index (κ2) is 24.0. The van der Waals surface area contributed by atoms with Gasteiger partial charge in [0.15, 0.2) is 12.6 Å². The molecule has 11 N–H and O–H groups in total. The van der Waals surface area contributed by atoms with Crippen LogP contribution in [0.4, 0.5) is 0 Å². The maximum atomic E-state index is 14.2. The maximum Gasteiger partial charge on any atom is 0.311 e. The van der Waals surface area contributed by atoms with Gasteiger partial charge in [-0.1, -0.05) is 27.7 Å². The zero-order valence-corrected chi connectivity index (χ0v) is 38.9. The van der Waals surface area contributed by atoms with Crippen LogP contribution in [0.5, 0.6) is 0 Å². The molecule has 0 spiro atoms. The third-order valence-corrected chi connectivity index (χ3v) is 12.3. The Morgan fingerprint density at radius 1 is 0.833 bits per heavy atom. The predicted molar refractivity (Wildman–Crippen MR) is 219 cm³/mol. The molecular weight excluding hydrogens is 818 g/mol. The van der Waals surface area contributed by atoms with E-state index in [1.807, 2.05) is 32.8 Å². The Kier molecular flexibility index (Phi) is 24.2. The number of hydrogen-bond donors (Lipinski definition) is 5. The molecule has 3 aliphatic rings. The van der Waals surface area contributed by atoms with Crippen LogP contribution >= 0.6 is 0 Å². The van der Waals surface area contributed by atoms with Crippen LogP contribution in [0.3, 0.4) is 0 Å². The van der Waals surface area contributed by atoms with Crippen LogP contribution in [-0.4, -0.2) is 185 Å². The highest BCUT2D eigenvalue weighted by atomic mass is 32.2. The molecule has 360 valence electrons. The molecule has 0 amide bonds. The molecular formula is C39H79NO19S. The van der Waals surface area contributed by atoms with Gasteiger partial charge in [0.1, 0.15) is 29.7 Å². The highest BCUT2D eigenvalue weighted by Crippen LogP contribution is 2.41. The molecule has 0 saturated carbocycles. The average Bonchev–Trinajstić information content (AvgIpc) is 3.11. The number of esters is 1. The first kappa shape index (κ1) is 60.6. The Morgan fingerprint density at radius 3 is 1.82 bits per heavy atom. The van der Waals surface area contributed by atoms with Gasteiger partial charge in [0.2, 0.25) is 0 Å². The molecule has 3 heterocycles. The van der Waals surface area contributed by atoms with Gasteiger partial charge in [-0.25, -0.2) is 0 Å². The van der Waals surface area contributed by atoms with E-state index in [1.54, 1.807) is 48.5 Å². The molecule has 0 unspecified atom stereocenters. The highest BCUT2D eigenvalue weighted by Gasteiger charge is 2.54. The first-order valence-electron chi connectivity index (χ1n) is 19.8. The molecule has 3 rings (SSSR count). The Morgan fingerprint density at radius 2 is 1.35 bits per heavy atom. The maximum absolute atomic E-state index is 14.2. The van der Waals surface area contributed by atoms with Crippen molar-refractivity contribution in [2.75, 3.05) is 34.6 Å². The van der Waals surface area contributed by atoms with Gasteiger partial charge in [0, 0.05) is 44.4 Å². The lowest BCUT2D eigenvalue weighted by molar-refractivity contribution is -0.319. The first-order valence-corrected chi connectivity index (χ1v) is 21.7. The summed E-state index contributed by atoms with van der Waals surface area (Å²) in [7, 11) is 3.10. The summed E-state index contributed by atoms with van der Waals surface area (Å²) in [6, 6.07) is -0.283. The van der Waals surface area contributed by atoms with Crippen molar-refractivity contribution in [3.05, 3.63) is 0 Å². The second-order valence-electron chi connectivity index (χ2n) is 17.4. The van der Waals surface area contributed by atoms with E-state index < -0.39 is 112 Å². The van der Waals surface area contributed by atoms with Gasteiger partial charge >= 0.3 is 5.97 Å². The minimum atomic E-state index is -3.67. The topological polar surface area (TPSA) is 332 Å². The van der Waals surface area contributed by atoms with Crippen LogP contribution in [0.2, 0.25) is 0 Å². The first-order chi connectivity index (χ1) is 26.0. The van der Waals surface area contributed by atoms with Crippen molar-refractivity contribution in [2.45, 2.75) is 179 Å². The third-order valence-electron chi connectivity index (χ3n) is 12.3. The van der Waals surface area contributed by atoms with E-state index in [4.69, 9.17) is 37.7 Å². The summed E-state index contributed by atoms with van der Waals surface area (Å²) in [5.41, 5.74) is -4.24. The van der Waals surface area contributed by atoms with Gasteiger partial charge in [0.25, 0.3) is 10.1 Å². The number of aliphatic hydroxyl groups excluding tert-OH is 3. The minimum absolute atomic E-state index is 0. The lowest BCUT2D eigenvalue weighted by atomic mass is 9.74. The Balaban J connectivity index is 0. The predicted octanol–water partition coefficient (Wildman–Crippen LogP) is -0.530. The summed E-state index contributed by atoms with van der Waals surface area (Å²) in [5.74, 6) is -4.47. The van der Waals surface area contributed by atoms with E-state index in [0.29, 0.717) is 12.7 Å². The fraction of sp³-hybridized carbons (Fsp3) is 0.949. The van der Waals surface area contributed by atoms with Crippen LogP contribution in [-0.2, 0) is 52.9 Å². The molecule has 0 radical (unpaired) electrons. The largest absolute Gasteiger partial charge is 0.459 e. The van der Waals surface area contributed by atoms with E-state index in [2.05, 4.69) is 0 Å². The summed E-state index contributed by atoms with van der Waals surface area (Å²) >= 11 is 0. The number of methoxy groups -OCH3 is 2. The van der Waals surface area contributed by atoms with Crippen LogP contribution in [0.25, 0.3) is 0 Å². The second-order valence-corrected chi connectivity index (χ2v) is 18.8. The molecule has 0 aromatic carbocycles. The summed E-state index contributed by atoms with van der Waals surface area (Å²) in [4.78, 5) is 30.1. The lowest BCUT2D eigenvalue weighted by Crippen LogP contribution is -2.61. The van der Waals surface area contributed by atoms with E-state index in [-0.39, 0.29) is 53.6 Å². The number of rotatable bonds is 8. The number of carbonyl (C=O) groups is 2. The minimum Gasteiger partial charge on any atom is -0.459 e. The molecule has 18 atom stereocenters. The molecule has 0 aliphatic carbocycles. The third kappa shape index (κ3) is 14.8. The SMILES string of the molecule is CC[C@H]1OC(=O)[C@H](C)[C@@H](O[C@H]2C[C@@](C)(OC)[C@@H](O)[C@H](C)O2)[C@H](C)[C@@H](O[C@@H]2O[C@H](C)C[C@H](N(C)C)[C@H]2O)[C@](C)(OC)C[C@@H](C)C(=O)[C@H](C)[C@@H](O)[C@]1(C)O.CS(=O)(=O)O.O.O.O.